The van der Waals surface area contributed by atoms with Crippen molar-refractivity contribution in [2.45, 2.75) is 25.7 Å². The molecule has 3 heterocycles. The third-order valence-electron chi connectivity index (χ3n) is 5.22. The summed E-state index contributed by atoms with van der Waals surface area (Å²) in [5.74, 6) is 1.14. The van der Waals surface area contributed by atoms with Gasteiger partial charge in [-0.25, -0.2) is 4.98 Å². The Morgan fingerprint density at radius 2 is 2.07 bits per heavy atom. The number of pyridine rings is 1. The average molecular weight is 394 g/mol. The van der Waals surface area contributed by atoms with Crippen molar-refractivity contribution in [2.75, 3.05) is 20.2 Å². The summed E-state index contributed by atoms with van der Waals surface area (Å²) in [6.07, 6.45) is 2.02. The van der Waals surface area contributed by atoms with Gasteiger partial charge >= 0.3 is 0 Å². The van der Waals surface area contributed by atoms with Crippen molar-refractivity contribution in [3.63, 3.8) is 0 Å². The fourth-order valence-corrected chi connectivity index (χ4v) is 4.51. The molecule has 28 heavy (non-hydrogen) atoms. The standard InChI is InChI=1S/C22H23N3O2S/c1-15-21(28-14-23-15)22(26)25-12-6-7-16(13-25)18-9-5-10-19(24-18)17-8-3-4-11-20(17)27-2/h3-5,8-11,14,16H,6-7,12-13H2,1-2H3/t16-/m0/s1. The van der Waals surface area contributed by atoms with Crippen LogP contribution in [0, 0.1) is 6.92 Å². The number of hydrogen-bond donors (Lipinski definition) is 0. The number of ether oxygens (including phenoxy) is 1. The molecule has 6 heteroatoms. The van der Waals surface area contributed by atoms with Crippen molar-refractivity contribution >= 4 is 17.2 Å². The SMILES string of the molecule is COc1ccccc1-c1cccc([C@H]2CCCN(C(=O)c3scnc3C)C2)n1. The van der Waals surface area contributed by atoms with Crippen LogP contribution in [0.1, 0.15) is 39.8 Å². The highest BCUT2D eigenvalue weighted by atomic mass is 32.1. The maximum Gasteiger partial charge on any atom is 0.265 e. The van der Waals surface area contributed by atoms with Gasteiger partial charge in [0, 0.05) is 30.3 Å². The van der Waals surface area contributed by atoms with Gasteiger partial charge in [0.25, 0.3) is 5.91 Å². The summed E-state index contributed by atoms with van der Waals surface area (Å²) in [6.45, 7) is 3.38. The first-order chi connectivity index (χ1) is 13.7. The fourth-order valence-electron chi connectivity index (χ4n) is 3.74. The van der Waals surface area contributed by atoms with E-state index in [1.807, 2.05) is 48.2 Å². The minimum atomic E-state index is 0.0885. The van der Waals surface area contributed by atoms with E-state index in [4.69, 9.17) is 9.72 Å². The predicted octanol–water partition coefficient (Wildman–Crippen LogP) is 4.54. The first-order valence-corrected chi connectivity index (χ1v) is 10.3. The predicted molar refractivity (Wildman–Crippen MR) is 111 cm³/mol. The van der Waals surface area contributed by atoms with Crippen LogP contribution < -0.4 is 4.74 Å². The van der Waals surface area contributed by atoms with Gasteiger partial charge < -0.3 is 9.64 Å². The molecule has 1 saturated heterocycles. The van der Waals surface area contributed by atoms with Gasteiger partial charge in [-0.15, -0.1) is 11.3 Å². The second kappa shape index (κ2) is 8.10. The molecule has 1 aromatic carbocycles. The van der Waals surface area contributed by atoms with Gasteiger partial charge in [0.1, 0.15) is 10.6 Å². The molecular weight excluding hydrogens is 370 g/mol. The maximum absolute atomic E-state index is 12.9. The summed E-state index contributed by atoms with van der Waals surface area (Å²) in [5, 5.41) is 0. The third kappa shape index (κ3) is 3.64. The summed E-state index contributed by atoms with van der Waals surface area (Å²) in [6, 6.07) is 14.0. The van der Waals surface area contributed by atoms with Crippen LogP contribution in [0.5, 0.6) is 5.75 Å². The molecule has 0 unspecified atom stereocenters. The molecule has 1 aliphatic heterocycles. The Balaban J connectivity index is 1.58. The van der Waals surface area contributed by atoms with Crippen LogP contribution >= 0.6 is 11.3 Å². The molecule has 0 aliphatic carbocycles. The molecule has 0 radical (unpaired) electrons. The zero-order valence-corrected chi connectivity index (χ0v) is 16.9. The van der Waals surface area contributed by atoms with E-state index in [-0.39, 0.29) is 11.8 Å². The highest BCUT2D eigenvalue weighted by molar-refractivity contribution is 7.11. The van der Waals surface area contributed by atoms with Gasteiger partial charge in [-0.2, -0.15) is 0 Å². The van der Waals surface area contributed by atoms with Crippen molar-refractivity contribution in [2.24, 2.45) is 0 Å². The Morgan fingerprint density at radius 3 is 2.86 bits per heavy atom. The van der Waals surface area contributed by atoms with E-state index in [0.29, 0.717) is 6.54 Å². The highest BCUT2D eigenvalue weighted by Gasteiger charge is 2.28. The Morgan fingerprint density at radius 1 is 1.21 bits per heavy atom. The van der Waals surface area contributed by atoms with Gasteiger partial charge in [0.05, 0.1) is 24.0 Å². The third-order valence-corrected chi connectivity index (χ3v) is 6.14. The van der Waals surface area contributed by atoms with Gasteiger partial charge in [0.15, 0.2) is 0 Å². The van der Waals surface area contributed by atoms with Crippen LogP contribution in [0.2, 0.25) is 0 Å². The average Bonchev–Trinajstić information content (AvgIpc) is 3.19. The van der Waals surface area contributed by atoms with Crippen molar-refractivity contribution in [1.29, 1.82) is 0 Å². The zero-order chi connectivity index (χ0) is 19.5. The van der Waals surface area contributed by atoms with Crippen molar-refractivity contribution in [1.82, 2.24) is 14.9 Å². The number of rotatable bonds is 4. The van der Waals surface area contributed by atoms with E-state index in [1.54, 1.807) is 12.6 Å². The number of piperidine rings is 1. The number of aromatic nitrogens is 2. The van der Waals surface area contributed by atoms with E-state index < -0.39 is 0 Å². The van der Waals surface area contributed by atoms with Crippen molar-refractivity contribution in [3.05, 3.63) is 64.2 Å². The van der Waals surface area contributed by atoms with Crippen LogP contribution in [0.15, 0.2) is 48.0 Å². The zero-order valence-electron chi connectivity index (χ0n) is 16.1. The fraction of sp³-hybridized carbons (Fsp3) is 0.318. The van der Waals surface area contributed by atoms with E-state index in [9.17, 15) is 4.79 Å². The normalized spacial score (nSPS) is 16.8. The molecule has 1 amide bonds. The summed E-state index contributed by atoms with van der Waals surface area (Å²) in [4.78, 5) is 24.7. The second-order valence-corrected chi connectivity index (χ2v) is 7.86. The lowest BCUT2D eigenvalue weighted by Crippen LogP contribution is -2.39. The lowest BCUT2D eigenvalue weighted by atomic mass is 9.93. The Labute approximate surface area is 169 Å². The molecule has 3 aromatic rings. The molecule has 144 valence electrons. The largest absolute Gasteiger partial charge is 0.496 e. The highest BCUT2D eigenvalue weighted by Crippen LogP contribution is 2.32. The monoisotopic (exact) mass is 393 g/mol. The number of carbonyl (C=O) groups is 1. The molecule has 4 rings (SSSR count). The van der Waals surface area contributed by atoms with E-state index in [0.717, 1.165) is 52.7 Å². The van der Waals surface area contributed by atoms with Crippen LogP contribution in [-0.4, -0.2) is 41.0 Å². The topological polar surface area (TPSA) is 55.3 Å². The minimum Gasteiger partial charge on any atom is -0.496 e. The Bertz CT molecular complexity index is 985. The van der Waals surface area contributed by atoms with E-state index in [2.05, 4.69) is 11.1 Å². The lowest BCUT2D eigenvalue weighted by molar-refractivity contribution is 0.0710. The number of carbonyl (C=O) groups excluding carboxylic acids is 1. The Kier molecular flexibility index (Phi) is 5.39. The van der Waals surface area contributed by atoms with Crippen LogP contribution in [-0.2, 0) is 0 Å². The van der Waals surface area contributed by atoms with Crippen LogP contribution in [0.25, 0.3) is 11.3 Å². The van der Waals surface area contributed by atoms with Crippen LogP contribution in [0.4, 0.5) is 0 Å². The summed E-state index contributed by atoms with van der Waals surface area (Å²) in [5.41, 5.74) is 5.46. The minimum absolute atomic E-state index is 0.0885. The smallest absolute Gasteiger partial charge is 0.265 e. The molecule has 0 bridgehead atoms. The quantitative estimate of drug-likeness (QED) is 0.653. The molecule has 5 nitrogen and oxygen atoms in total. The number of benzene rings is 1. The number of amides is 1. The van der Waals surface area contributed by atoms with Crippen LogP contribution in [0.3, 0.4) is 0 Å². The summed E-state index contributed by atoms with van der Waals surface area (Å²) < 4.78 is 5.49. The molecular formula is C22H23N3O2S. The number of thiazole rings is 1. The van der Waals surface area contributed by atoms with E-state index in [1.165, 1.54) is 11.3 Å². The second-order valence-electron chi connectivity index (χ2n) is 7.01. The van der Waals surface area contributed by atoms with Gasteiger partial charge in [-0.05, 0) is 44.0 Å². The molecule has 1 aliphatic rings. The molecule has 0 saturated carbocycles. The number of hydrogen-bond acceptors (Lipinski definition) is 5. The van der Waals surface area contributed by atoms with Gasteiger partial charge in [0.2, 0.25) is 0 Å². The number of para-hydroxylation sites is 1. The van der Waals surface area contributed by atoms with Crippen molar-refractivity contribution in [3.8, 4) is 17.0 Å². The molecule has 0 spiro atoms. The molecule has 1 fully saturated rings. The molecule has 0 N–H and O–H groups in total. The summed E-state index contributed by atoms with van der Waals surface area (Å²) >= 11 is 1.42. The van der Waals surface area contributed by atoms with E-state index >= 15 is 0 Å². The molecule has 2 aromatic heterocycles. The number of aryl methyl sites for hydroxylation is 1. The number of nitrogens with zero attached hydrogens (tertiary/aromatic N) is 3. The van der Waals surface area contributed by atoms with Crippen molar-refractivity contribution < 1.29 is 9.53 Å². The van der Waals surface area contributed by atoms with Gasteiger partial charge in [-0.3, -0.25) is 9.78 Å². The number of methoxy groups -OCH3 is 1. The maximum atomic E-state index is 12.9. The number of likely N-dealkylation sites (tertiary alicyclic amines) is 1. The molecule has 1 atom stereocenters. The Hall–Kier alpha value is -2.73. The lowest BCUT2D eigenvalue weighted by Gasteiger charge is -2.32. The first-order valence-electron chi connectivity index (χ1n) is 9.47. The first kappa shape index (κ1) is 18.6. The summed E-state index contributed by atoms with van der Waals surface area (Å²) in [7, 11) is 1.68. The van der Waals surface area contributed by atoms with Gasteiger partial charge in [-0.1, -0.05) is 18.2 Å².